The van der Waals surface area contributed by atoms with Gasteiger partial charge in [-0.1, -0.05) is 64.1 Å². The molecule has 0 spiro atoms. The summed E-state index contributed by atoms with van der Waals surface area (Å²) in [6.07, 6.45) is 4.68. The lowest BCUT2D eigenvalue weighted by molar-refractivity contribution is 0.391. The normalized spacial score (nSPS) is 21.0. The summed E-state index contributed by atoms with van der Waals surface area (Å²) in [4.78, 5) is 0. The summed E-state index contributed by atoms with van der Waals surface area (Å²) in [5, 5.41) is 1.41. The maximum Gasteiger partial charge on any atom is 0.122 e. The van der Waals surface area contributed by atoms with Crippen LogP contribution in [0.2, 0.25) is 18.1 Å². The van der Waals surface area contributed by atoms with Gasteiger partial charge in [0.1, 0.15) is 11.5 Å². The van der Waals surface area contributed by atoms with Crippen molar-refractivity contribution in [2.75, 3.05) is 14.2 Å². The van der Waals surface area contributed by atoms with E-state index in [1.165, 1.54) is 21.9 Å². The lowest BCUT2D eigenvalue weighted by Gasteiger charge is -2.42. The molecule has 0 saturated heterocycles. The summed E-state index contributed by atoms with van der Waals surface area (Å²) in [7, 11) is 1.60. The highest BCUT2D eigenvalue weighted by Gasteiger charge is 2.48. The largest absolute Gasteiger partial charge is 0.497 e. The molecule has 0 heterocycles. The van der Waals surface area contributed by atoms with Crippen molar-refractivity contribution in [3.05, 3.63) is 41.0 Å². The molecule has 0 radical (unpaired) electrons. The van der Waals surface area contributed by atoms with Gasteiger partial charge < -0.3 is 9.47 Å². The Bertz CT molecular complexity index is 735. The number of ether oxygens (including phenoxy) is 2. The topological polar surface area (TPSA) is 18.5 Å². The quantitative estimate of drug-likeness (QED) is 0.654. The molecule has 1 aromatic rings. The lowest BCUT2D eigenvalue weighted by atomic mass is 9.86. The second-order valence-electron chi connectivity index (χ2n) is 8.97. The number of hydrogen-bond donors (Lipinski definition) is 0. The van der Waals surface area contributed by atoms with Crippen LogP contribution in [0, 0.1) is 0 Å². The molecule has 0 aromatic heterocycles. The zero-order valence-electron chi connectivity index (χ0n) is 17.6. The molecule has 0 amide bonds. The summed E-state index contributed by atoms with van der Waals surface area (Å²) < 4.78 is 11.7. The van der Waals surface area contributed by atoms with Crippen molar-refractivity contribution in [1.29, 1.82) is 0 Å². The van der Waals surface area contributed by atoms with Crippen LogP contribution < -0.4 is 14.7 Å². The molecular formula is C22H34O2Si. The Hall–Kier alpha value is -1.48. The lowest BCUT2D eigenvalue weighted by Crippen LogP contribution is -2.52. The highest BCUT2D eigenvalue weighted by Crippen LogP contribution is 2.52. The molecule has 0 bridgehead atoms. The Balaban J connectivity index is 2.80. The molecule has 1 aliphatic carbocycles. The van der Waals surface area contributed by atoms with Crippen molar-refractivity contribution in [1.82, 2.24) is 0 Å². The van der Waals surface area contributed by atoms with Gasteiger partial charge in [0.15, 0.2) is 0 Å². The zero-order chi connectivity index (χ0) is 19.2. The van der Waals surface area contributed by atoms with E-state index >= 15 is 0 Å². The molecule has 0 fully saturated rings. The van der Waals surface area contributed by atoms with Gasteiger partial charge in [0.25, 0.3) is 0 Å². The summed E-state index contributed by atoms with van der Waals surface area (Å²) >= 11 is 0. The molecule has 2 nitrogen and oxygen atoms in total. The van der Waals surface area contributed by atoms with Crippen LogP contribution in [0.3, 0.4) is 0 Å². The summed E-state index contributed by atoms with van der Waals surface area (Å²) in [6, 6.07) is 4.34. The SMILES string of the molecule is COc1cc(C(C)(C)C)c(OC)c([Si](C)(C)C2(C)C=CC(C)=C2C)c1. The first kappa shape index (κ1) is 19.8. The smallest absolute Gasteiger partial charge is 0.122 e. The van der Waals surface area contributed by atoms with Gasteiger partial charge in [-0.2, -0.15) is 0 Å². The van der Waals surface area contributed by atoms with E-state index < -0.39 is 8.07 Å². The van der Waals surface area contributed by atoms with Crippen molar-refractivity contribution < 1.29 is 9.47 Å². The highest BCUT2D eigenvalue weighted by molar-refractivity contribution is 6.94. The second-order valence-corrected chi connectivity index (χ2v) is 13.8. The van der Waals surface area contributed by atoms with Gasteiger partial charge in [-0.05, 0) is 36.6 Å². The first-order valence-corrected chi connectivity index (χ1v) is 12.0. The number of methoxy groups -OCH3 is 2. The predicted molar refractivity (Wildman–Crippen MR) is 111 cm³/mol. The number of allylic oxidation sites excluding steroid dienone is 4. The fourth-order valence-electron chi connectivity index (χ4n) is 3.87. The van der Waals surface area contributed by atoms with Gasteiger partial charge >= 0.3 is 0 Å². The van der Waals surface area contributed by atoms with Crippen LogP contribution >= 0.6 is 0 Å². The van der Waals surface area contributed by atoms with Gasteiger partial charge in [0.2, 0.25) is 0 Å². The van der Waals surface area contributed by atoms with Gasteiger partial charge in [-0.3, -0.25) is 0 Å². The van der Waals surface area contributed by atoms with Crippen molar-refractivity contribution in [3.8, 4) is 11.5 Å². The molecule has 1 unspecified atom stereocenters. The summed E-state index contributed by atoms with van der Waals surface area (Å²) in [5.41, 5.74) is 4.08. The third kappa shape index (κ3) is 3.08. The summed E-state index contributed by atoms with van der Waals surface area (Å²) in [6.45, 7) is 18.5. The minimum Gasteiger partial charge on any atom is -0.497 e. The van der Waals surface area contributed by atoms with Crippen LogP contribution in [-0.2, 0) is 5.41 Å². The Morgan fingerprint density at radius 1 is 1.00 bits per heavy atom. The highest BCUT2D eigenvalue weighted by atomic mass is 28.3. The van der Waals surface area contributed by atoms with E-state index in [1.54, 1.807) is 14.2 Å². The van der Waals surface area contributed by atoms with Crippen LogP contribution in [-0.4, -0.2) is 22.3 Å². The fourth-order valence-corrected chi connectivity index (χ4v) is 7.37. The third-order valence-electron chi connectivity index (χ3n) is 6.32. The molecular weight excluding hydrogens is 324 g/mol. The standard InChI is InChI=1S/C22H34O2Si/c1-15-11-12-22(6,16(15)2)25(9,10)19-14-17(23-7)13-18(20(19)24-8)21(3,4)5/h11-14H,1-10H3. The first-order chi connectivity index (χ1) is 11.4. The Kier molecular flexibility index (Phi) is 5.04. The third-order valence-corrected chi connectivity index (χ3v) is 11.2. The monoisotopic (exact) mass is 358 g/mol. The van der Waals surface area contributed by atoms with Crippen molar-refractivity contribution >= 4 is 13.3 Å². The fraction of sp³-hybridized carbons (Fsp3) is 0.545. The Morgan fingerprint density at radius 3 is 2.00 bits per heavy atom. The van der Waals surface area contributed by atoms with E-state index in [1.807, 2.05) is 0 Å². The molecule has 0 N–H and O–H groups in total. The number of rotatable bonds is 4. The average Bonchev–Trinajstić information content (AvgIpc) is 2.81. The van der Waals surface area contributed by atoms with Crippen LogP contribution in [0.1, 0.15) is 47.1 Å². The second kappa shape index (κ2) is 6.35. The first-order valence-electron chi connectivity index (χ1n) is 9.04. The minimum atomic E-state index is -1.95. The van der Waals surface area contributed by atoms with Gasteiger partial charge in [0.05, 0.1) is 22.3 Å². The van der Waals surface area contributed by atoms with Crippen LogP contribution in [0.5, 0.6) is 11.5 Å². The molecule has 0 aliphatic heterocycles. The number of benzene rings is 1. The Labute approximate surface area is 154 Å². The minimum absolute atomic E-state index is 0.00761. The van der Waals surface area contributed by atoms with Gasteiger partial charge in [0, 0.05) is 10.6 Å². The predicted octanol–water partition coefficient (Wildman–Crippen LogP) is 5.58. The maximum atomic E-state index is 5.99. The molecule has 1 aliphatic rings. The van der Waals surface area contributed by atoms with E-state index in [4.69, 9.17) is 9.47 Å². The molecule has 138 valence electrons. The van der Waals surface area contributed by atoms with E-state index in [2.05, 4.69) is 78.9 Å². The molecule has 3 heteroatoms. The van der Waals surface area contributed by atoms with Crippen molar-refractivity contribution in [2.45, 2.75) is 65.1 Å². The van der Waals surface area contributed by atoms with E-state index in [9.17, 15) is 0 Å². The molecule has 1 aromatic carbocycles. The van der Waals surface area contributed by atoms with Crippen LogP contribution in [0.4, 0.5) is 0 Å². The van der Waals surface area contributed by atoms with E-state index in [0.717, 1.165) is 11.5 Å². The zero-order valence-corrected chi connectivity index (χ0v) is 18.6. The van der Waals surface area contributed by atoms with Crippen LogP contribution in [0.25, 0.3) is 0 Å². The van der Waals surface area contributed by atoms with Crippen LogP contribution in [0.15, 0.2) is 35.4 Å². The number of hydrogen-bond acceptors (Lipinski definition) is 2. The van der Waals surface area contributed by atoms with E-state index in [-0.39, 0.29) is 10.5 Å². The van der Waals surface area contributed by atoms with Gasteiger partial charge in [-0.25, -0.2) is 0 Å². The van der Waals surface area contributed by atoms with Crippen molar-refractivity contribution in [2.24, 2.45) is 0 Å². The Morgan fingerprint density at radius 2 is 1.60 bits per heavy atom. The van der Waals surface area contributed by atoms with Gasteiger partial charge in [-0.15, -0.1) is 0 Å². The maximum absolute atomic E-state index is 5.99. The van der Waals surface area contributed by atoms with E-state index in [0.29, 0.717) is 0 Å². The molecule has 25 heavy (non-hydrogen) atoms. The summed E-state index contributed by atoms with van der Waals surface area (Å²) in [5.74, 6) is 1.96. The molecule has 0 saturated carbocycles. The van der Waals surface area contributed by atoms with Crippen molar-refractivity contribution in [3.63, 3.8) is 0 Å². The average molecular weight is 359 g/mol. The molecule has 1 atom stereocenters. The molecule has 2 rings (SSSR count).